The number of nitrogens with one attached hydrogen (secondary N) is 1. The molecule has 0 radical (unpaired) electrons. The van der Waals surface area contributed by atoms with Gasteiger partial charge in [0.1, 0.15) is 0 Å². The summed E-state index contributed by atoms with van der Waals surface area (Å²) in [5.74, 6) is 2.74. The Balaban J connectivity index is 1.41. The third-order valence-electron chi connectivity index (χ3n) is 5.95. The van der Waals surface area contributed by atoms with Gasteiger partial charge in [-0.25, -0.2) is 0 Å². The normalized spacial score (nSPS) is 42.3. The van der Waals surface area contributed by atoms with Gasteiger partial charge in [-0.2, -0.15) is 0 Å². The molecule has 0 aromatic heterocycles. The third-order valence-corrected chi connectivity index (χ3v) is 5.95. The van der Waals surface area contributed by atoms with Crippen molar-refractivity contribution in [2.75, 3.05) is 13.1 Å². The SMILES string of the molecule is O=C(CN1CCCC1=O)NC12CC3CC(CC(C3)C1)C2. The second kappa shape index (κ2) is 4.47. The molecule has 0 unspecified atom stereocenters. The number of amides is 2. The predicted octanol–water partition coefficient (Wildman–Crippen LogP) is 1.69. The molecule has 5 aliphatic rings. The van der Waals surface area contributed by atoms with Gasteiger partial charge in [-0.1, -0.05) is 0 Å². The number of carbonyl (C=O) groups excluding carboxylic acids is 2. The van der Waals surface area contributed by atoms with Crippen LogP contribution in [-0.4, -0.2) is 35.3 Å². The zero-order valence-electron chi connectivity index (χ0n) is 12.1. The van der Waals surface area contributed by atoms with E-state index in [-0.39, 0.29) is 23.9 Å². The minimum Gasteiger partial charge on any atom is -0.349 e. The second-order valence-electron chi connectivity index (χ2n) is 7.66. The Morgan fingerprint density at radius 1 is 1.15 bits per heavy atom. The van der Waals surface area contributed by atoms with Crippen LogP contribution in [0.3, 0.4) is 0 Å². The Bertz CT molecular complexity index is 410. The van der Waals surface area contributed by atoms with Crippen molar-refractivity contribution >= 4 is 11.8 Å². The summed E-state index contributed by atoms with van der Waals surface area (Å²) in [4.78, 5) is 25.7. The van der Waals surface area contributed by atoms with Crippen LogP contribution in [0.2, 0.25) is 0 Å². The molecule has 110 valence electrons. The van der Waals surface area contributed by atoms with Gasteiger partial charge in [0, 0.05) is 18.5 Å². The minimum atomic E-state index is 0.0715. The van der Waals surface area contributed by atoms with E-state index < -0.39 is 0 Å². The summed E-state index contributed by atoms with van der Waals surface area (Å²) in [5, 5.41) is 3.34. The highest BCUT2D eigenvalue weighted by molar-refractivity contribution is 5.86. The second-order valence-corrected chi connectivity index (χ2v) is 7.66. The van der Waals surface area contributed by atoms with Crippen molar-refractivity contribution < 1.29 is 9.59 Å². The summed E-state index contributed by atoms with van der Waals surface area (Å²) < 4.78 is 0. The van der Waals surface area contributed by atoms with Crippen molar-refractivity contribution in [2.24, 2.45) is 17.8 Å². The fraction of sp³-hybridized carbons (Fsp3) is 0.875. The van der Waals surface area contributed by atoms with E-state index in [2.05, 4.69) is 5.32 Å². The average molecular weight is 276 g/mol. The molecule has 1 aliphatic heterocycles. The lowest BCUT2D eigenvalue weighted by atomic mass is 9.53. The van der Waals surface area contributed by atoms with Crippen LogP contribution in [0.15, 0.2) is 0 Å². The van der Waals surface area contributed by atoms with Gasteiger partial charge in [-0.05, 0) is 62.7 Å². The van der Waals surface area contributed by atoms with E-state index in [4.69, 9.17) is 0 Å². The van der Waals surface area contributed by atoms with Gasteiger partial charge in [-0.15, -0.1) is 0 Å². The first-order valence-corrected chi connectivity index (χ1v) is 8.21. The summed E-state index contributed by atoms with van der Waals surface area (Å²) in [6, 6.07) is 0. The largest absolute Gasteiger partial charge is 0.349 e. The van der Waals surface area contributed by atoms with E-state index in [9.17, 15) is 9.59 Å². The topological polar surface area (TPSA) is 49.4 Å². The number of nitrogens with zero attached hydrogens (tertiary/aromatic N) is 1. The Morgan fingerprint density at radius 2 is 1.75 bits per heavy atom. The smallest absolute Gasteiger partial charge is 0.240 e. The molecule has 0 atom stereocenters. The zero-order valence-corrected chi connectivity index (χ0v) is 12.1. The number of carbonyl (C=O) groups is 2. The van der Waals surface area contributed by atoms with Gasteiger partial charge in [0.05, 0.1) is 6.54 Å². The predicted molar refractivity (Wildman–Crippen MR) is 74.9 cm³/mol. The monoisotopic (exact) mass is 276 g/mol. The van der Waals surface area contributed by atoms with Gasteiger partial charge in [-0.3, -0.25) is 9.59 Å². The van der Waals surface area contributed by atoms with Crippen LogP contribution in [-0.2, 0) is 9.59 Å². The fourth-order valence-corrected chi connectivity index (χ4v) is 5.64. The lowest BCUT2D eigenvalue weighted by molar-refractivity contribution is -0.135. The third kappa shape index (κ3) is 2.13. The highest BCUT2D eigenvalue weighted by Gasteiger charge is 2.51. The molecule has 2 amide bonds. The van der Waals surface area contributed by atoms with Crippen LogP contribution >= 0.6 is 0 Å². The van der Waals surface area contributed by atoms with Gasteiger partial charge in [0.15, 0.2) is 0 Å². The minimum absolute atomic E-state index is 0.0715. The van der Waals surface area contributed by atoms with Crippen LogP contribution in [0.25, 0.3) is 0 Å². The molecule has 0 spiro atoms. The number of likely N-dealkylation sites (tertiary alicyclic amines) is 1. The molecule has 5 fully saturated rings. The first-order valence-electron chi connectivity index (χ1n) is 8.21. The van der Waals surface area contributed by atoms with E-state index in [1.54, 1.807) is 4.90 Å². The van der Waals surface area contributed by atoms with Crippen LogP contribution in [0, 0.1) is 17.8 Å². The first-order chi connectivity index (χ1) is 9.62. The standard InChI is InChI=1S/C16H24N2O2/c19-14(10-18-3-1-2-15(18)20)17-16-7-11-4-12(8-16)6-13(5-11)9-16/h11-13H,1-10H2,(H,17,19). The highest BCUT2D eigenvalue weighted by atomic mass is 16.2. The summed E-state index contributed by atoms with van der Waals surface area (Å²) in [6.45, 7) is 1.04. The van der Waals surface area contributed by atoms with E-state index in [1.165, 1.54) is 38.5 Å². The zero-order chi connectivity index (χ0) is 13.7. The average Bonchev–Trinajstić information content (AvgIpc) is 2.72. The maximum Gasteiger partial charge on any atom is 0.240 e. The van der Waals surface area contributed by atoms with Crippen LogP contribution < -0.4 is 5.32 Å². The first kappa shape index (κ1) is 12.7. The molecule has 1 saturated heterocycles. The number of hydrogen-bond donors (Lipinski definition) is 1. The van der Waals surface area contributed by atoms with Gasteiger partial charge < -0.3 is 10.2 Å². The molecule has 0 aromatic carbocycles. The molecule has 4 heteroatoms. The van der Waals surface area contributed by atoms with Gasteiger partial charge >= 0.3 is 0 Å². The fourth-order valence-electron chi connectivity index (χ4n) is 5.64. The molecular formula is C16H24N2O2. The number of rotatable bonds is 3. The molecule has 5 rings (SSSR count). The molecule has 1 N–H and O–H groups in total. The van der Waals surface area contributed by atoms with Crippen LogP contribution in [0.1, 0.15) is 51.4 Å². The number of hydrogen-bond acceptors (Lipinski definition) is 2. The molecule has 4 nitrogen and oxygen atoms in total. The Labute approximate surface area is 120 Å². The van der Waals surface area contributed by atoms with Crippen molar-refractivity contribution in [1.82, 2.24) is 10.2 Å². The molecule has 1 heterocycles. The molecular weight excluding hydrogens is 252 g/mol. The maximum atomic E-state index is 12.3. The van der Waals surface area contributed by atoms with Crippen LogP contribution in [0.4, 0.5) is 0 Å². The molecule has 4 bridgehead atoms. The maximum absolute atomic E-state index is 12.3. The summed E-state index contributed by atoms with van der Waals surface area (Å²) in [5.41, 5.74) is 0.0780. The lowest BCUT2D eigenvalue weighted by Gasteiger charge is -2.57. The quantitative estimate of drug-likeness (QED) is 0.853. The van der Waals surface area contributed by atoms with Crippen molar-refractivity contribution in [1.29, 1.82) is 0 Å². The Morgan fingerprint density at radius 3 is 2.25 bits per heavy atom. The van der Waals surface area contributed by atoms with E-state index >= 15 is 0 Å². The van der Waals surface area contributed by atoms with Gasteiger partial charge in [0.25, 0.3) is 0 Å². The van der Waals surface area contributed by atoms with E-state index in [0.29, 0.717) is 6.42 Å². The Kier molecular flexibility index (Phi) is 2.83. The van der Waals surface area contributed by atoms with Gasteiger partial charge in [0.2, 0.25) is 11.8 Å². The van der Waals surface area contributed by atoms with E-state index in [0.717, 1.165) is 30.7 Å². The summed E-state index contributed by atoms with van der Waals surface area (Å²) in [7, 11) is 0. The van der Waals surface area contributed by atoms with Crippen molar-refractivity contribution in [2.45, 2.75) is 56.9 Å². The van der Waals surface area contributed by atoms with E-state index in [1.807, 2.05) is 0 Å². The molecule has 4 saturated carbocycles. The van der Waals surface area contributed by atoms with Crippen molar-refractivity contribution in [3.8, 4) is 0 Å². The molecule has 4 aliphatic carbocycles. The highest BCUT2D eigenvalue weighted by Crippen LogP contribution is 2.55. The molecule has 20 heavy (non-hydrogen) atoms. The lowest BCUT2D eigenvalue weighted by Crippen LogP contribution is -2.61. The Hall–Kier alpha value is -1.06. The van der Waals surface area contributed by atoms with Crippen molar-refractivity contribution in [3.63, 3.8) is 0 Å². The summed E-state index contributed by atoms with van der Waals surface area (Å²) >= 11 is 0. The van der Waals surface area contributed by atoms with Crippen molar-refractivity contribution in [3.05, 3.63) is 0 Å². The van der Waals surface area contributed by atoms with Crippen LogP contribution in [0.5, 0.6) is 0 Å². The molecule has 0 aromatic rings. The summed E-state index contributed by atoms with van der Waals surface area (Å²) in [6.07, 6.45) is 9.23.